The normalized spacial score (nSPS) is 17.3. The highest BCUT2D eigenvalue weighted by molar-refractivity contribution is 5.51. The van der Waals surface area contributed by atoms with Crippen LogP contribution in [0.4, 0.5) is 19.0 Å². The molecule has 6 nitrogen and oxygen atoms in total. The fourth-order valence-corrected chi connectivity index (χ4v) is 3.34. The van der Waals surface area contributed by atoms with Crippen molar-refractivity contribution in [2.24, 2.45) is 0 Å². The molecule has 0 fully saturated rings. The third kappa shape index (κ3) is 2.34. The van der Waals surface area contributed by atoms with Gasteiger partial charge in [-0.05, 0) is 26.2 Å². The van der Waals surface area contributed by atoms with Crippen LogP contribution in [0.2, 0.25) is 0 Å². The molecule has 0 atom stereocenters. The van der Waals surface area contributed by atoms with Crippen LogP contribution < -0.4 is 4.90 Å². The first-order chi connectivity index (χ1) is 10.9. The molecule has 23 heavy (non-hydrogen) atoms. The predicted octanol–water partition coefficient (Wildman–Crippen LogP) is 1.90. The van der Waals surface area contributed by atoms with Crippen LogP contribution in [0.25, 0.3) is 0 Å². The van der Waals surface area contributed by atoms with Crippen LogP contribution in [-0.4, -0.2) is 31.3 Å². The lowest BCUT2D eigenvalue weighted by atomic mass is 10.2. The highest BCUT2D eigenvalue weighted by Crippen LogP contribution is 2.33. The van der Waals surface area contributed by atoms with E-state index in [9.17, 15) is 13.2 Å². The summed E-state index contributed by atoms with van der Waals surface area (Å²) in [7, 11) is 0. The molecule has 122 valence electrons. The summed E-state index contributed by atoms with van der Waals surface area (Å²) in [5, 5.41) is 7.04. The molecule has 0 aromatic carbocycles. The van der Waals surface area contributed by atoms with Crippen LogP contribution in [0.5, 0.6) is 0 Å². The topological polar surface area (TPSA) is 59.7 Å². The van der Waals surface area contributed by atoms with Gasteiger partial charge in [0.05, 0.1) is 6.54 Å². The number of anilines is 1. The minimum Gasteiger partial charge on any atom is -0.347 e. The molecule has 3 heterocycles. The lowest BCUT2D eigenvalue weighted by Crippen LogP contribution is -2.36. The summed E-state index contributed by atoms with van der Waals surface area (Å²) in [5.74, 6) is 0.944. The van der Waals surface area contributed by atoms with E-state index in [1.54, 1.807) is 0 Å². The Morgan fingerprint density at radius 2 is 1.87 bits per heavy atom. The molecule has 0 unspecified atom stereocenters. The monoisotopic (exact) mass is 324 g/mol. The second-order valence-electron chi connectivity index (χ2n) is 5.88. The number of alkyl halides is 3. The molecule has 0 saturated heterocycles. The van der Waals surface area contributed by atoms with Gasteiger partial charge in [0.2, 0.25) is 5.82 Å². The number of hydrogen-bond donors (Lipinski definition) is 0. The van der Waals surface area contributed by atoms with Crippen molar-refractivity contribution in [3.8, 4) is 0 Å². The van der Waals surface area contributed by atoms with E-state index in [2.05, 4.69) is 20.2 Å². The van der Waals surface area contributed by atoms with Crippen molar-refractivity contribution < 1.29 is 13.2 Å². The van der Waals surface area contributed by atoms with E-state index < -0.39 is 12.0 Å². The zero-order chi connectivity index (χ0) is 16.2. The standard InChI is InChI=1S/C14H15F3N6/c1-8-18-10-4-2-3-9(10)12(19-8)22-5-6-23-11(7-22)20-21-13(23)14(15,16)17/h2-7H2,1H3. The maximum Gasteiger partial charge on any atom is 0.451 e. The van der Waals surface area contributed by atoms with Gasteiger partial charge >= 0.3 is 6.18 Å². The minimum absolute atomic E-state index is 0.203. The van der Waals surface area contributed by atoms with E-state index >= 15 is 0 Å². The first kappa shape index (κ1) is 14.4. The molecule has 1 aliphatic carbocycles. The molecular weight excluding hydrogens is 309 g/mol. The molecular formula is C14H15F3N6. The van der Waals surface area contributed by atoms with Crippen molar-refractivity contribution in [1.82, 2.24) is 24.7 Å². The number of halogens is 3. The SMILES string of the molecule is Cc1nc2c(c(N3CCn4c(nnc4C(F)(F)F)C3)n1)CCC2. The van der Waals surface area contributed by atoms with Crippen molar-refractivity contribution in [2.75, 3.05) is 11.4 Å². The van der Waals surface area contributed by atoms with Gasteiger partial charge in [-0.2, -0.15) is 13.2 Å². The quantitative estimate of drug-likeness (QED) is 0.802. The van der Waals surface area contributed by atoms with Gasteiger partial charge in [-0.25, -0.2) is 9.97 Å². The zero-order valence-electron chi connectivity index (χ0n) is 12.6. The van der Waals surface area contributed by atoms with Crippen LogP contribution in [0.1, 0.15) is 35.2 Å². The average Bonchev–Trinajstić information content (AvgIpc) is 3.10. The maximum atomic E-state index is 12.9. The second-order valence-corrected chi connectivity index (χ2v) is 5.88. The molecule has 0 saturated carbocycles. The Bertz CT molecular complexity index is 767. The Kier molecular flexibility index (Phi) is 3.07. The van der Waals surface area contributed by atoms with Gasteiger partial charge in [0.15, 0.2) is 5.82 Å². The average molecular weight is 324 g/mol. The lowest BCUT2D eigenvalue weighted by Gasteiger charge is -2.30. The van der Waals surface area contributed by atoms with Crippen molar-refractivity contribution in [2.45, 2.75) is 45.5 Å². The first-order valence-corrected chi connectivity index (χ1v) is 7.54. The largest absolute Gasteiger partial charge is 0.451 e. The summed E-state index contributed by atoms with van der Waals surface area (Å²) in [6.07, 6.45) is -1.57. The summed E-state index contributed by atoms with van der Waals surface area (Å²) in [5.41, 5.74) is 2.19. The summed E-state index contributed by atoms with van der Waals surface area (Å²) in [4.78, 5) is 11.0. The van der Waals surface area contributed by atoms with E-state index in [-0.39, 0.29) is 13.1 Å². The molecule has 2 aliphatic rings. The van der Waals surface area contributed by atoms with Crippen LogP contribution >= 0.6 is 0 Å². The zero-order valence-corrected chi connectivity index (χ0v) is 12.6. The van der Waals surface area contributed by atoms with Gasteiger partial charge in [-0.1, -0.05) is 0 Å². The van der Waals surface area contributed by atoms with Gasteiger partial charge < -0.3 is 9.47 Å². The highest BCUT2D eigenvalue weighted by Gasteiger charge is 2.39. The van der Waals surface area contributed by atoms with E-state index in [1.165, 1.54) is 0 Å². The Balaban J connectivity index is 1.69. The molecule has 0 bridgehead atoms. The summed E-state index contributed by atoms with van der Waals surface area (Å²) >= 11 is 0. The summed E-state index contributed by atoms with van der Waals surface area (Å²) < 4.78 is 39.9. The molecule has 0 amide bonds. The number of hydrogen-bond acceptors (Lipinski definition) is 5. The summed E-state index contributed by atoms with van der Waals surface area (Å²) in [6.45, 7) is 2.79. The molecule has 4 rings (SSSR count). The number of rotatable bonds is 1. The molecule has 9 heteroatoms. The van der Waals surface area contributed by atoms with Crippen LogP contribution in [-0.2, 0) is 32.1 Å². The predicted molar refractivity (Wildman–Crippen MR) is 74.9 cm³/mol. The van der Waals surface area contributed by atoms with Crippen molar-refractivity contribution in [3.05, 3.63) is 28.7 Å². The molecule has 0 radical (unpaired) electrons. The van der Waals surface area contributed by atoms with E-state index in [1.807, 2.05) is 11.8 Å². The highest BCUT2D eigenvalue weighted by atomic mass is 19.4. The number of fused-ring (bicyclic) bond motifs is 2. The minimum atomic E-state index is -4.47. The van der Waals surface area contributed by atoms with E-state index in [0.717, 1.165) is 40.9 Å². The van der Waals surface area contributed by atoms with Gasteiger partial charge in [0.1, 0.15) is 11.6 Å². The van der Waals surface area contributed by atoms with Crippen LogP contribution in [0.15, 0.2) is 0 Å². The number of aryl methyl sites for hydroxylation is 2. The van der Waals surface area contributed by atoms with Crippen molar-refractivity contribution >= 4 is 5.82 Å². The Labute approximate surface area is 130 Å². The van der Waals surface area contributed by atoms with E-state index in [0.29, 0.717) is 18.2 Å². The molecule has 0 spiro atoms. The number of aromatic nitrogens is 5. The Hall–Kier alpha value is -2.19. The van der Waals surface area contributed by atoms with Gasteiger partial charge in [0, 0.05) is 24.3 Å². The third-order valence-corrected chi connectivity index (χ3v) is 4.33. The van der Waals surface area contributed by atoms with Crippen molar-refractivity contribution in [3.63, 3.8) is 0 Å². The van der Waals surface area contributed by atoms with E-state index in [4.69, 9.17) is 0 Å². The Morgan fingerprint density at radius 1 is 1.04 bits per heavy atom. The maximum absolute atomic E-state index is 12.9. The Morgan fingerprint density at radius 3 is 2.65 bits per heavy atom. The lowest BCUT2D eigenvalue weighted by molar-refractivity contribution is -0.147. The third-order valence-electron chi connectivity index (χ3n) is 4.33. The van der Waals surface area contributed by atoms with Crippen LogP contribution in [0, 0.1) is 6.92 Å². The summed E-state index contributed by atoms with van der Waals surface area (Å²) in [6, 6.07) is 0. The molecule has 0 N–H and O–H groups in total. The van der Waals surface area contributed by atoms with Crippen LogP contribution in [0.3, 0.4) is 0 Å². The second kappa shape index (κ2) is 4.90. The number of nitrogens with zero attached hydrogens (tertiary/aromatic N) is 6. The smallest absolute Gasteiger partial charge is 0.347 e. The molecule has 2 aromatic rings. The van der Waals surface area contributed by atoms with Gasteiger partial charge in [-0.3, -0.25) is 0 Å². The fourth-order valence-electron chi connectivity index (χ4n) is 3.34. The molecule has 1 aliphatic heterocycles. The molecule has 2 aromatic heterocycles. The first-order valence-electron chi connectivity index (χ1n) is 7.54. The van der Waals surface area contributed by atoms with Gasteiger partial charge in [0.25, 0.3) is 0 Å². The van der Waals surface area contributed by atoms with Gasteiger partial charge in [-0.15, -0.1) is 10.2 Å². The van der Waals surface area contributed by atoms with Crippen molar-refractivity contribution in [1.29, 1.82) is 0 Å². The fraction of sp³-hybridized carbons (Fsp3) is 0.571.